The van der Waals surface area contributed by atoms with Gasteiger partial charge in [0, 0.05) is 16.0 Å². The Hall–Kier alpha value is -1.00. The van der Waals surface area contributed by atoms with E-state index >= 15 is 0 Å². The summed E-state index contributed by atoms with van der Waals surface area (Å²) in [7, 11) is 0. The van der Waals surface area contributed by atoms with E-state index in [9.17, 15) is 0 Å². The molecule has 0 amide bonds. The number of benzene rings is 1. The van der Waals surface area contributed by atoms with E-state index in [1.54, 1.807) is 0 Å². The summed E-state index contributed by atoms with van der Waals surface area (Å²) in [5, 5.41) is 0. The van der Waals surface area contributed by atoms with E-state index in [4.69, 9.17) is 12.2 Å². The maximum absolute atomic E-state index is 5.33. The molecule has 0 bridgehead atoms. The lowest BCUT2D eigenvalue weighted by Gasteiger charge is -2.11. The van der Waals surface area contributed by atoms with Crippen LogP contribution in [-0.2, 0) is 0 Å². The zero-order chi connectivity index (χ0) is 13.3. The first kappa shape index (κ1) is 13.4. The van der Waals surface area contributed by atoms with E-state index in [2.05, 4.69) is 51.9 Å². The van der Waals surface area contributed by atoms with Crippen LogP contribution in [0.25, 0.3) is 11.3 Å². The molecule has 1 aromatic carbocycles. The van der Waals surface area contributed by atoms with Crippen molar-refractivity contribution in [3.05, 3.63) is 44.8 Å². The summed E-state index contributed by atoms with van der Waals surface area (Å²) in [4.78, 5) is 7.82. The van der Waals surface area contributed by atoms with Gasteiger partial charge in [0.25, 0.3) is 0 Å². The van der Waals surface area contributed by atoms with E-state index in [1.165, 1.54) is 0 Å². The summed E-state index contributed by atoms with van der Waals surface area (Å²) < 4.78 is 1.75. The SMILES string of the molecule is Cc1c(-c2ccc(Br)cc2)[nH]c(C(C)C)nc1=S. The van der Waals surface area contributed by atoms with Gasteiger partial charge in [0.15, 0.2) is 0 Å². The van der Waals surface area contributed by atoms with Gasteiger partial charge in [-0.05, 0) is 24.6 Å². The highest BCUT2D eigenvalue weighted by Crippen LogP contribution is 2.25. The van der Waals surface area contributed by atoms with E-state index in [0.717, 1.165) is 27.1 Å². The van der Waals surface area contributed by atoms with Crippen molar-refractivity contribution in [3.8, 4) is 11.3 Å². The van der Waals surface area contributed by atoms with Gasteiger partial charge >= 0.3 is 0 Å². The Morgan fingerprint density at radius 2 is 1.83 bits per heavy atom. The zero-order valence-electron chi connectivity index (χ0n) is 10.6. The molecule has 1 N–H and O–H groups in total. The smallest absolute Gasteiger partial charge is 0.133 e. The molecule has 0 saturated heterocycles. The fourth-order valence-corrected chi connectivity index (χ4v) is 2.19. The lowest BCUT2D eigenvalue weighted by molar-refractivity contribution is 0.770. The zero-order valence-corrected chi connectivity index (χ0v) is 13.0. The highest BCUT2D eigenvalue weighted by Gasteiger charge is 2.09. The number of halogens is 1. The van der Waals surface area contributed by atoms with Gasteiger partial charge < -0.3 is 4.98 Å². The molecule has 94 valence electrons. The van der Waals surface area contributed by atoms with E-state index in [1.807, 2.05) is 19.1 Å². The van der Waals surface area contributed by atoms with E-state index in [0.29, 0.717) is 10.6 Å². The third-order valence-electron chi connectivity index (χ3n) is 2.85. The molecule has 0 aliphatic carbocycles. The van der Waals surface area contributed by atoms with Crippen molar-refractivity contribution >= 4 is 28.1 Å². The van der Waals surface area contributed by atoms with Crippen LogP contribution in [0.1, 0.15) is 31.2 Å². The fraction of sp³-hybridized carbons (Fsp3) is 0.286. The Bertz CT molecular complexity index is 615. The predicted molar refractivity (Wildman–Crippen MR) is 81.4 cm³/mol. The van der Waals surface area contributed by atoms with Gasteiger partial charge in [-0.2, -0.15) is 0 Å². The summed E-state index contributed by atoms with van der Waals surface area (Å²) >= 11 is 8.78. The number of nitrogens with zero attached hydrogens (tertiary/aromatic N) is 1. The van der Waals surface area contributed by atoms with Crippen molar-refractivity contribution in [2.75, 3.05) is 0 Å². The van der Waals surface area contributed by atoms with Crippen molar-refractivity contribution < 1.29 is 0 Å². The topological polar surface area (TPSA) is 28.7 Å². The Morgan fingerprint density at radius 3 is 2.39 bits per heavy atom. The van der Waals surface area contributed by atoms with Gasteiger partial charge in [-0.15, -0.1) is 0 Å². The summed E-state index contributed by atoms with van der Waals surface area (Å²) in [5.41, 5.74) is 3.22. The average Bonchev–Trinajstić information content (AvgIpc) is 2.33. The predicted octanol–water partition coefficient (Wildman–Crippen LogP) is 5.00. The van der Waals surface area contributed by atoms with Gasteiger partial charge in [-0.25, -0.2) is 4.98 Å². The minimum Gasteiger partial charge on any atom is -0.343 e. The second-order valence-corrected chi connectivity index (χ2v) is 5.89. The molecular weight excluding hydrogens is 308 g/mol. The summed E-state index contributed by atoms with van der Waals surface area (Å²) in [6.45, 7) is 6.22. The van der Waals surface area contributed by atoms with Gasteiger partial charge in [-0.1, -0.05) is 54.1 Å². The molecule has 2 nitrogen and oxygen atoms in total. The largest absolute Gasteiger partial charge is 0.343 e. The first-order valence-electron chi connectivity index (χ1n) is 5.86. The standard InChI is InChI=1S/C14H15BrN2S/c1-8(2)13-16-12(9(3)14(18)17-13)10-4-6-11(15)7-5-10/h4-8H,1-3H3,(H,16,17,18). The highest BCUT2D eigenvalue weighted by molar-refractivity contribution is 9.10. The van der Waals surface area contributed by atoms with Crippen molar-refractivity contribution in [2.24, 2.45) is 0 Å². The fourth-order valence-electron chi connectivity index (χ4n) is 1.73. The molecular formula is C14H15BrN2S. The van der Waals surface area contributed by atoms with Gasteiger partial charge in [0.1, 0.15) is 10.5 Å². The molecule has 2 aromatic rings. The number of hydrogen-bond donors (Lipinski definition) is 1. The van der Waals surface area contributed by atoms with Crippen LogP contribution in [0.3, 0.4) is 0 Å². The van der Waals surface area contributed by atoms with Crippen LogP contribution in [0.2, 0.25) is 0 Å². The Labute approximate surface area is 121 Å². The first-order valence-corrected chi connectivity index (χ1v) is 7.06. The maximum atomic E-state index is 5.33. The van der Waals surface area contributed by atoms with Gasteiger partial charge in [0.2, 0.25) is 0 Å². The lowest BCUT2D eigenvalue weighted by atomic mass is 10.1. The molecule has 0 atom stereocenters. The van der Waals surface area contributed by atoms with Crippen LogP contribution in [0.4, 0.5) is 0 Å². The monoisotopic (exact) mass is 322 g/mol. The van der Waals surface area contributed by atoms with Crippen LogP contribution in [0.15, 0.2) is 28.7 Å². The number of aromatic nitrogens is 2. The average molecular weight is 323 g/mol. The molecule has 1 heterocycles. The van der Waals surface area contributed by atoms with Crippen LogP contribution < -0.4 is 0 Å². The molecule has 2 rings (SSSR count). The molecule has 18 heavy (non-hydrogen) atoms. The molecule has 0 unspecified atom stereocenters. The van der Waals surface area contributed by atoms with Crippen LogP contribution >= 0.6 is 28.1 Å². The second-order valence-electron chi connectivity index (χ2n) is 4.59. The molecule has 0 spiro atoms. The highest BCUT2D eigenvalue weighted by atomic mass is 79.9. The van der Waals surface area contributed by atoms with Gasteiger partial charge in [-0.3, -0.25) is 0 Å². The van der Waals surface area contributed by atoms with Gasteiger partial charge in [0.05, 0.1) is 5.69 Å². The molecule has 0 aliphatic heterocycles. The maximum Gasteiger partial charge on any atom is 0.133 e. The first-order chi connectivity index (χ1) is 8.49. The summed E-state index contributed by atoms with van der Waals surface area (Å²) in [6, 6.07) is 8.20. The third kappa shape index (κ3) is 2.70. The van der Waals surface area contributed by atoms with Crippen LogP contribution in [0.5, 0.6) is 0 Å². The Balaban J connectivity index is 2.63. The minimum atomic E-state index is 0.335. The Kier molecular flexibility index (Phi) is 3.97. The number of rotatable bonds is 2. The summed E-state index contributed by atoms with van der Waals surface area (Å²) in [6.07, 6.45) is 0. The van der Waals surface area contributed by atoms with E-state index in [-0.39, 0.29) is 0 Å². The summed E-state index contributed by atoms with van der Waals surface area (Å²) in [5.74, 6) is 1.27. The van der Waals surface area contributed by atoms with Crippen LogP contribution in [-0.4, -0.2) is 9.97 Å². The van der Waals surface area contributed by atoms with E-state index < -0.39 is 0 Å². The molecule has 0 saturated carbocycles. The number of aromatic amines is 1. The normalized spacial score (nSPS) is 10.9. The number of nitrogens with one attached hydrogen (secondary N) is 1. The lowest BCUT2D eigenvalue weighted by Crippen LogP contribution is -2.02. The number of hydrogen-bond acceptors (Lipinski definition) is 2. The molecule has 1 aromatic heterocycles. The molecule has 0 fully saturated rings. The second kappa shape index (κ2) is 5.33. The minimum absolute atomic E-state index is 0.335. The van der Waals surface area contributed by atoms with Crippen molar-refractivity contribution in [1.82, 2.24) is 9.97 Å². The molecule has 0 radical (unpaired) electrons. The number of H-pyrrole nitrogens is 1. The third-order valence-corrected chi connectivity index (χ3v) is 3.78. The quantitative estimate of drug-likeness (QED) is 0.788. The molecule has 0 aliphatic rings. The molecule has 4 heteroatoms. The van der Waals surface area contributed by atoms with Crippen molar-refractivity contribution in [3.63, 3.8) is 0 Å². The van der Waals surface area contributed by atoms with Crippen molar-refractivity contribution in [2.45, 2.75) is 26.7 Å². The van der Waals surface area contributed by atoms with Crippen LogP contribution in [0, 0.1) is 11.6 Å². The van der Waals surface area contributed by atoms with Crippen molar-refractivity contribution in [1.29, 1.82) is 0 Å². The Morgan fingerprint density at radius 1 is 1.22 bits per heavy atom.